The van der Waals surface area contributed by atoms with Gasteiger partial charge in [-0.3, -0.25) is 14.9 Å². The Morgan fingerprint density at radius 1 is 1.12 bits per heavy atom. The van der Waals surface area contributed by atoms with Crippen molar-refractivity contribution in [1.29, 1.82) is 0 Å². The van der Waals surface area contributed by atoms with Crippen molar-refractivity contribution in [2.45, 2.75) is 6.18 Å². The molecule has 2 aromatic rings. The van der Waals surface area contributed by atoms with E-state index >= 15 is 0 Å². The first kappa shape index (κ1) is 26.0. The van der Waals surface area contributed by atoms with Crippen LogP contribution in [0.15, 0.2) is 40.9 Å². The number of ether oxygens (including phenoxy) is 1. The van der Waals surface area contributed by atoms with Gasteiger partial charge in [-0.1, -0.05) is 27.5 Å². The Balaban J connectivity index is 1.60. The zero-order valence-electron chi connectivity index (χ0n) is 17.7. The normalized spacial score (nSPS) is 13.9. The number of amides is 2. The number of hydrogen-bond acceptors (Lipinski definition) is 5. The molecule has 3 rings (SSSR count). The molecule has 7 nitrogen and oxygen atoms in total. The maximum absolute atomic E-state index is 12.6. The molecule has 2 amide bonds. The van der Waals surface area contributed by atoms with Gasteiger partial charge >= 0.3 is 12.1 Å². The summed E-state index contributed by atoms with van der Waals surface area (Å²) in [7, 11) is 1.45. The summed E-state index contributed by atoms with van der Waals surface area (Å²) in [5.41, 5.74) is 1.41. The van der Waals surface area contributed by atoms with Gasteiger partial charge in [-0.2, -0.15) is 13.2 Å². The van der Waals surface area contributed by atoms with Gasteiger partial charge in [0.05, 0.1) is 23.4 Å². The van der Waals surface area contributed by atoms with E-state index in [0.29, 0.717) is 26.6 Å². The molecule has 1 fully saturated rings. The van der Waals surface area contributed by atoms with E-state index in [-0.39, 0.29) is 36.9 Å². The lowest BCUT2D eigenvalue weighted by Gasteiger charge is -2.36. The third-order valence-electron chi connectivity index (χ3n) is 4.99. The molecule has 2 N–H and O–H groups in total. The standard InChI is InChI=1S/C21H19BrClF3N4O3S/c1-33-17-5-2-12(22)10-14(17)18(31)28-20(34)27-13-3-4-16(15(23)11-13)29-6-8-30(9-7-29)19(32)21(24,25)26/h2-5,10-11H,6-9H2,1H3,(H2,27,28,31,34). The summed E-state index contributed by atoms with van der Waals surface area (Å²) < 4.78 is 43.8. The van der Waals surface area contributed by atoms with Gasteiger partial charge in [0, 0.05) is 36.3 Å². The zero-order valence-corrected chi connectivity index (χ0v) is 20.9. The van der Waals surface area contributed by atoms with Crippen LogP contribution in [0.3, 0.4) is 0 Å². The van der Waals surface area contributed by atoms with Crippen LogP contribution in [-0.2, 0) is 4.79 Å². The van der Waals surface area contributed by atoms with Gasteiger partial charge in [0.15, 0.2) is 5.11 Å². The highest BCUT2D eigenvalue weighted by molar-refractivity contribution is 9.10. The van der Waals surface area contributed by atoms with E-state index in [4.69, 9.17) is 28.6 Å². The maximum Gasteiger partial charge on any atom is 0.471 e. The Morgan fingerprint density at radius 2 is 1.79 bits per heavy atom. The van der Waals surface area contributed by atoms with E-state index in [9.17, 15) is 22.8 Å². The number of carbonyl (C=O) groups is 2. The molecule has 13 heteroatoms. The van der Waals surface area contributed by atoms with Gasteiger partial charge in [-0.25, -0.2) is 0 Å². The lowest BCUT2D eigenvalue weighted by molar-refractivity contribution is -0.185. The molecule has 0 bridgehead atoms. The molecule has 0 unspecified atom stereocenters. The number of piperazine rings is 1. The molecule has 1 aliphatic rings. The van der Waals surface area contributed by atoms with Crippen molar-refractivity contribution in [3.05, 3.63) is 51.5 Å². The highest BCUT2D eigenvalue weighted by atomic mass is 79.9. The fourth-order valence-electron chi connectivity index (χ4n) is 3.36. The van der Waals surface area contributed by atoms with Gasteiger partial charge in [0.2, 0.25) is 0 Å². The number of anilines is 2. The topological polar surface area (TPSA) is 73.9 Å². The van der Waals surface area contributed by atoms with Crippen molar-refractivity contribution >= 4 is 68.1 Å². The average Bonchev–Trinajstić information content (AvgIpc) is 2.78. The highest BCUT2D eigenvalue weighted by Crippen LogP contribution is 2.30. The molecule has 0 atom stereocenters. The van der Waals surface area contributed by atoms with E-state index in [1.807, 2.05) is 0 Å². The molecular formula is C21H19BrClF3N4O3S. The number of nitrogens with one attached hydrogen (secondary N) is 2. The summed E-state index contributed by atoms with van der Waals surface area (Å²) in [6.07, 6.45) is -4.89. The Bertz CT molecular complexity index is 1110. The number of halogens is 5. The highest BCUT2D eigenvalue weighted by Gasteiger charge is 2.43. The Labute approximate surface area is 212 Å². The van der Waals surface area contributed by atoms with Crippen molar-refractivity contribution in [3.63, 3.8) is 0 Å². The minimum atomic E-state index is -4.89. The van der Waals surface area contributed by atoms with Crippen LogP contribution in [0.5, 0.6) is 5.75 Å². The summed E-state index contributed by atoms with van der Waals surface area (Å²) in [4.78, 5) is 26.5. The molecule has 0 aliphatic carbocycles. The summed E-state index contributed by atoms with van der Waals surface area (Å²) in [5, 5.41) is 5.81. The van der Waals surface area contributed by atoms with Crippen LogP contribution in [0.25, 0.3) is 0 Å². The molecule has 2 aromatic carbocycles. The van der Waals surface area contributed by atoms with E-state index < -0.39 is 18.0 Å². The number of alkyl halides is 3. The van der Waals surface area contributed by atoms with Gasteiger partial charge < -0.3 is 19.9 Å². The Hall–Kier alpha value is -2.57. The molecule has 0 saturated carbocycles. The molecule has 0 radical (unpaired) electrons. The third kappa shape index (κ3) is 6.30. The number of methoxy groups -OCH3 is 1. The molecule has 0 spiro atoms. The second-order valence-electron chi connectivity index (χ2n) is 7.20. The van der Waals surface area contributed by atoms with E-state index in [1.165, 1.54) is 7.11 Å². The van der Waals surface area contributed by atoms with Crippen molar-refractivity contribution in [3.8, 4) is 5.75 Å². The van der Waals surface area contributed by atoms with Crippen LogP contribution in [0.4, 0.5) is 24.5 Å². The van der Waals surface area contributed by atoms with Crippen LogP contribution >= 0.6 is 39.7 Å². The lowest BCUT2D eigenvalue weighted by atomic mass is 10.2. The van der Waals surface area contributed by atoms with Crippen LogP contribution < -0.4 is 20.3 Å². The monoisotopic (exact) mass is 578 g/mol. The molecule has 1 aliphatic heterocycles. The Morgan fingerprint density at radius 3 is 2.38 bits per heavy atom. The average molecular weight is 580 g/mol. The van der Waals surface area contributed by atoms with Crippen LogP contribution in [0.2, 0.25) is 5.02 Å². The summed E-state index contributed by atoms with van der Waals surface area (Å²) in [6.45, 7) is 0.280. The largest absolute Gasteiger partial charge is 0.496 e. The molecule has 1 heterocycles. The summed E-state index contributed by atoms with van der Waals surface area (Å²) in [6, 6.07) is 9.93. The molecule has 182 valence electrons. The number of rotatable bonds is 4. The van der Waals surface area contributed by atoms with Gasteiger partial charge in [0.1, 0.15) is 5.75 Å². The first-order chi connectivity index (χ1) is 16.0. The molecule has 0 aromatic heterocycles. The summed E-state index contributed by atoms with van der Waals surface area (Å²) >= 11 is 14.9. The molecule has 1 saturated heterocycles. The number of benzene rings is 2. The number of thiocarbonyl (C=S) groups is 1. The first-order valence-electron chi connectivity index (χ1n) is 9.86. The second kappa shape index (κ2) is 10.8. The number of hydrogen-bond donors (Lipinski definition) is 2. The SMILES string of the molecule is COc1ccc(Br)cc1C(=O)NC(=S)Nc1ccc(N2CCN(C(=O)C(F)(F)F)CC2)c(Cl)c1. The smallest absolute Gasteiger partial charge is 0.471 e. The van der Waals surface area contributed by atoms with Crippen LogP contribution in [0.1, 0.15) is 10.4 Å². The lowest BCUT2D eigenvalue weighted by Crippen LogP contribution is -2.52. The minimum absolute atomic E-state index is 0.0372. The van der Waals surface area contributed by atoms with Gasteiger partial charge in [0.25, 0.3) is 5.91 Å². The predicted molar refractivity (Wildman–Crippen MR) is 131 cm³/mol. The van der Waals surface area contributed by atoms with E-state index in [0.717, 1.165) is 4.90 Å². The van der Waals surface area contributed by atoms with Gasteiger partial charge in [-0.05, 0) is 48.6 Å². The number of nitrogens with zero attached hydrogens (tertiary/aromatic N) is 2. The van der Waals surface area contributed by atoms with Crippen molar-refractivity contribution in [1.82, 2.24) is 10.2 Å². The van der Waals surface area contributed by atoms with E-state index in [2.05, 4.69) is 26.6 Å². The quantitative estimate of drug-likeness (QED) is 0.522. The van der Waals surface area contributed by atoms with Crippen LogP contribution in [-0.4, -0.2) is 61.3 Å². The molecule has 34 heavy (non-hydrogen) atoms. The van der Waals surface area contributed by atoms with Crippen molar-refractivity contribution in [2.75, 3.05) is 43.5 Å². The molecular weight excluding hydrogens is 561 g/mol. The van der Waals surface area contributed by atoms with Gasteiger partial charge in [-0.15, -0.1) is 0 Å². The van der Waals surface area contributed by atoms with E-state index in [1.54, 1.807) is 41.3 Å². The second-order valence-corrected chi connectivity index (χ2v) is 8.93. The minimum Gasteiger partial charge on any atom is -0.496 e. The fourth-order valence-corrected chi connectivity index (χ4v) is 4.23. The van der Waals surface area contributed by atoms with Crippen molar-refractivity contribution in [2.24, 2.45) is 0 Å². The summed E-state index contributed by atoms with van der Waals surface area (Å²) in [5.74, 6) is -1.92. The first-order valence-corrected chi connectivity index (χ1v) is 11.4. The maximum atomic E-state index is 12.6. The Kier molecular flexibility index (Phi) is 8.26. The predicted octanol–water partition coefficient (Wildman–Crippen LogP) is 4.45. The zero-order chi connectivity index (χ0) is 25.0. The van der Waals surface area contributed by atoms with Crippen molar-refractivity contribution < 1.29 is 27.5 Å². The fraction of sp³-hybridized carbons (Fsp3) is 0.286. The number of carbonyl (C=O) groups excluding carboxylic acids is 2. The third-order valence-corrected chi connectivity index (χ3v) is 5.99. The van der Waals surface area contributed by atoms with Crippen LogP contribution in [0, 0.1) is 0 Å².